The summed E-state index contributed by atoms with van der Waals surface area (Å²) in [5.41, 5.74) is 3.24. The zero-order valence-electron chi connectivity index (χ0n) is 13.8. The number of ether oxygens (including phenoxy) is 1. The Balaban J connectivity index is 1.79. The molecule has 1 atom stereocenters. The van der Waals surface area contributed by atoms with E-state index in [4.69, 9.17) is 4.74 Å². The fourth-order valence-electron chi connectivity index (χ4n) is 3.42. The van der Waals surface area contributed by atoms with Gasteiger partial charge in [0.05, 0.1) is 7.11 Å². The van der Waals surface area contributed by atoms with Crippen LogP contribution in [0.2, 0.25) is 0 Å². The number of nitrogens with zero attached hydrogens (tertiary/aromatic N) is 1. The standard InChI is InChI=1S/C19H22FNOS/c1-21(12-13-7-10-19(23-3)18(11-13)22-2)17-9-8-14-15(17)5-4-6-16(14)20/h4-7,10-11,17H,8-9,12H2,1-3H3. The zero-order valence-corrected chi connectivity index (χ0v) is 14.6. The smallest absolute Gasteiger partial charge is 0.132 e. The third kappa shape index (κ3) is 3.24. The van der Waals surface area contributed by atoms with E-state index in [1.165, 1.54) is 5.56 Å². The van der Waals surface area contributed by atoms with Crippen LogP contribution in [0.3, 0.4) is 0 Å². The van der Waals surface area contributed by atoms with Crippen LogP contribution in [0, 0.1) is 5.82 Å². The summed E-state index contributed by atoms with van der Waals surface area (Å²) >= 11 is 1.68. The molecule has 1 unspecified atom stereocenters. The van der Waals surface area contributed by atoms with Crippen molar-refractivity contribution in [2.24, 2.45) is 0 Å². The first-order chi connectivity index (χ1) is 11.1. The van der Waals surface area contributed by atoms with E-state index in [-0.39, 0.29) is 11.9 Å². The van der Waals surface area contributed by atoms with E-state index < -0.39 is 0 Å². The fourth-order valence-corrected chi connectivity index (χ4v) is 3.97. The molecule has 0 aromatic heterocycles. The molecule has 4 heteroatoms. The van der Waals surface area contributed by atoms with E-state index in [0.717, 1.165) is 41.2 Å². The number of benzene rings is 2. The van der Waals surface area contributed by atoms with Crippen LogP contribution < -0.4 is 4.74 Å². The first kappa shape index (κ1) is 16.3. The van der Waals surface area contributed by atoms with Crippen LogP contribution >= 0.6 is 11.8 Å². The number of methoxy groups -OCH3 is 1. The van der Waals surface area contributed by atoms with Crippen molar-refractivity contribution in [1.82, 2.24) is 4.90 Å². The van der Waals surface area contributed by atoms with E-state index in [1.54, 1.807) is 24.9 Å². The van der Waals surface area contributed by atoms with E-state index in [1.807, 2.05) is 12.3 Å². The Kier molecular flexibility index (Phi) is 4.93. The quantitative estimate of drug-likeness (QED) is 0.739. The molecule has 0 saturated carbocycles. The van der Waals surface area contributed by atoms with Gasteiger partial charge in [-0.1, -0.05) is 18.2 Å². The Morgan fingerprint density at radius 1 is 1.30 bits per heavy atom. The Morgan fingerprint density at radius 2 is 2.13 bits per heavy atom. The van der Waals surface area contributed by atoms with Gasteiger partial charge < -0.3 is 4.74 Å². The molecule has 1 aliphatic rings. The molecule has 3 rings (SSSR count). The molecule has 2 aromatic rings. The van der Waals surface area contributed by atoms with Crippen molar-refractivity contribution in [3.05, 3.63) is 58.9 Å². The summed E-state index contributed by atoms with van der Waals surface area (Å²) < 4.78 is 19.4. The molecule has 0 saturated heterocycles. The minimum atomic E-state index is -0.0654. The van der Waals surface area contributed by atoms with Crippen molar-refractivity contribution in [3.8, 4) is 5.75 Å². The summed E-state index contributed by atoms with van der Waals surface area (Å²) in [5.74, 6) is 0.852. The molecule has 0 N–H and O–H groups in total. The van der Waals surface area contributed by atoms with Crippen molar-refractivity contribution in [2.45, 2.75) is 30.3 Å². The third-order valence-corrected chi connectivity index (χ3v) is 5.37. The average molecular weight is 331 g/mol. The lowest BCUT2D eigenvalue weighted by Crippen LogP contribution is -2.22. The van der Waals surface area contributed by atoms with E-state index in [0.29, 0.717) is 0 Å². The summed E-state index contributed by atoms with van der Waals surface area (Å²) in [6, 6.07) is 12.1. The van der Waals surface area contributed by atoms with E-state index in [2.05, 4.69) is 36.2 Å². The van der Waals surface area contributed by atoms with E-state index in [9.17, 15) is 4.39 Å². The van der Waals surface area contributed by atoms with Crippen molar-refractivity contribution in [3.63, 3.8) is 0 Å². The van der Waals surface area contributed by atoms with Crippen LogP contribution in [0.5, 0.6) is 5.75 Å². The summed E-state index contributed by atoms with van der Waals surface area (Å²) in [4.78, 5) is 3.45. The molecule has 2 nitrogen and oxygen atoms in total. The first-order valence-corrected chi connectivity index (χ1v) is 9.05. The normalized spacial score (nSPS) is 16.7. The van der Waals surface area contributed by atoms with Gasteiger partial charge in [0.1, 0.15) is 11.6 Å². The molecule has 0 spiro atoms. The highest BCUT2D eigenvalue weighted by Crippen LogP contribution is 2.37. The first-order valence-electron chi connectivity index (χ1n) is 7.82. The fraction of sp³-hybridized carbons (Fsp3) is 0.368. The lowest BCUT2D eigenvalue weighted by atomic mass is 10.1. The van der Waals surface area contributed by atoms with Gasteiger partial charge >= 0.3 is 0 Å². The van der Waals surface area contributed by atoms with Crippen molar-refractivity contribution in [2.75, 3.05) is 20.4 Å². The van der Waals surface area contributed by atoms with Crippen LogP contribution in [0.4, 0.5) is 4.39 Å². The lowest BCUT2D eigenvalue weighted by Gasteiger charge is -2.25. The second-order valence-corrected chi connectivity index (χ2v) is 6.81. The minimum Gasteiger partial charge on any atom is -0.496 e. The van der Waals surface area contributed by atoms with Crippen LogP contribution in [0.1, 0.15) is 29.2 Å². The van der Waals surface area contributed by atoms with Crippen molar-refractivity contribution in [1.29, 1.82) is 0 Å². The van der Waals surface area contributed by atoms with Gasteiger partial charge in [0.2, 0.25) is 0 Å². The topological polar surface area (TPSA) is 12.5 Å². The predicted octanol–water partition coefficient (Wildman–Crippen LogP) is 4.68. The van der Waals surface area contributed by atoms with Crippen LogP contribution in [-0.2, 0) is 13.0 Å². The highest BCUT2D eigenvalue weighted by molar-refractivity contribution is 7.98. The molecule has 1 aliphatic carbocycles. The number of fused-ring (bicyclic) bond motifs is 1. The largest absolute Gasteiger partial charge is 0.496 e. The van der Waals surface area contributed by atoms with Crippen LogP contribution in [0.15, 0.2) is 41.3 Å². The maximum Gasteiger partial charge on any atom is 0.132 e. The third-order valence-electron chi connectivity index (χ3n) is 4.59. The summed E-state index contributed by atoms with van der Waals surface area (Å²) in [5, 5.41) is 0. The number of thioether (sulfide) groups is 1. The molecule has 0 heterocycles. The maximum absolute atomic E-state index is 13.9. The number of halogens is 1. The summed E-state index contributed by atoms with van der Waals surface area (Å²) in [6.07, 6.45) is 3.85. The number of hydrogen-bond donors (Lipinski definition) is 0. The molecule has 0 bridgehead atoms. The molecule has 0 aliphatic heterocycles. The van der Waals surface area contributed by atoms with Gasteiger partial charge in [-0.25, -0.2) is 4.39 Å². The highest BCUT2D eigenvalue weighted by Gasteiger charge is 2.27. The molecule has 0 radical (unpaired) electrons. The maximum atomic E-state index is 13.9. The van der Waals surface area contributed by atoms with Crippen molar-refractivity contribution < 1.29 is 9.13 Å². The predicted molar refractivity (Wildman–Crippen MR) is 93.7 cm³/mol. The molecular formula is C19H22FNOS. The molecule has 2 aromatic carbocycles. The molecular weight excluding hydrogens is 309 g/mol. The van der Waals surface area contributed by atoms with Gasteiger partial charge in [-0.15, -0.1) is 11.8 Å². The monoisotopic (exact) mass is 331 g/mol. The minimum absolute atomic E-state index is 0.0654. The molecule has 0 fully saturated rings. The average Bonchev–Trinajstić information content (AvgIpc) is 3.00. The molecule has 122 valence electrons. The SMILES string of the molecule is COc1cc(CN(C)C2CCc3c(F)cccc32)ccc1SC. The number of hydrogen-bond acceptors (Lipinski definition) is 3. The zero-order chi connectivity index (χ0) is 16.4. The van der Waals surface area contributed by atoms with Gasteiger partial charge in [-0.05, 0) is 61.0 Å². The molecule has 23 heavy (non-hydrogen) atoms. The van der Waals surface area contributed by atoms with Gasteiger partial charge in [0.25, 0.3) is 0 Å². The lowest BCUT2D eigenvalue weighted by molar-refractivity contribution is 0.235. The second-order valence-electron chi connectivity index (χ2n) is 5.97. The summed E-state index contributed by atoms with van der Waals surface area (Å²) in [6.45, 7) is 0.825. The van der Waals surface area contributed by atoms with Gasteiger partial charge in [0.15, 0.2) is 0 Å². The Bertz CT molecular complexity index is 704. The van der Waals surface area contributed by atoms with Crippen molar-refractivity contribution >= 4 is 11.8 Å². The second kappa shape index (κ2) is 6.93. The summed E-state index contributed by atoms with van der Waals surface area (Å²) in [7, 11) is 3.82. The van der Waals surface area contributed by atoms with Gasteiger partial charge in [-0.3, -0.25) is 4.90 Å². The van der Waals surface area contributed by atoms with Gasteiger partial charge in [-0.2, -0.15) is 0 Å². The van der Waals surface area contributed by atoms with Gasteiger partial charge in [0, 0.05) is 17.5 Å². The Labute approximate surface area is 141 Å². The number of rotatable bonds is 5. The Morgan fingerprint density at radius 3 is 2.87 bits per heavy atom. The highest BCUT2D eigenvalue weighted by atomic mass is 32.2. The van der Waals surface area contributed by atoms with Crippen LogP contribution in [-0.4, -0.2) is 25.3 Å². The Hall–Kier alpha value is -1.52. The van der Waals surface area contributed by atoms with E-state index >= 15 is 0 Å². The van der Waals surface area contributed by atoms with Crippen LogP contribution in [0.25, 0.3) is 0 Å². The molecule has 0 amide bonds.